The molecule has 0 nitrogen and oxygen atoms in total. The molecule has 0 amide bonds. The molecular weight excluding hydrogens is 217 g/mol. The average Bonchev–Trinajstić information content (AvgIpc) is 1.81. The Morgan fingerprint density at radius 3 is 1.23 bits per heavy atom. The summed E-state index contributed by atoms with van der Waals surface area (Å²) in [6.45, 7) is 0. The summed E-state index contributed by atoms with van der Waals surface area (Å²) in [6.07, 6.45) is -10.8. The molecule has 0 fully saturated rings. The summed E-state index contributed by atoms with van der Waals surface area (Å²) in [5, 5.41) is 0. The van der Waals surface area contributed by atoms with Crippen molar-refractivity contribution in [1.29, 1.82) is 0 Å². The van der Waals surface area contributed by atoms with Gasteiger partial charge in [-0.3, -0.25) is 0 Å². The van der Waals surface area contributed by atoms with E-state index in [0.717, 1.165) is 0 Å². The fourth-order valence-electron chi connectivity index (χ4n) is 0.585. The van der Waals surface area contributed by atoms with Crippen molar-refractivity contribution in [3.8, 4) is 0 Å². The van der Waals surface area contributed by atoms with Crippen molar-refractivity contribution in [2.45, 2.75) is 25.2 Å². The maximum absolute atomic E-state index is 11.5. The summed E-state index contributed by atoms with van der Waals surface area (Å²) in [5.74, 6) is 0. The Morgan fingerprint density at radius 1 is 0.692 bits per heavy atom. The van der Waals surface area contributed by atoms with Crippen LogP contribution in [0.4, 0.5) is 26.3 Å². The van der Waals surface area contributed by atoms with Crippen LogP contribution in [-0.4, -0.2) is 24.7 Å². The molecule has 0 rings (SSSR count). The van der Waals surface area contributed by atoms with Crippen LogP contribution >= 0.6 is 8.58 Å². The second-order valence-electron chi connectivity index (χ2n) is 2.48. The van der Waals surface area contributed by atoms with Crippen LogP contribution in [0.3, 0.4) is 0 Å². The molecule has 0 aliphatic heterocycles. The number of hydrogen-bond donors (Lipinski definition) is 0. The third kappa shape index (κ3) is 12.0. The van der Waals surface area contributed by atoms with E-state index in [2.05, 4.69) is 0 Å². The highest BCUT2D eigenvalue weighted by molar-refractivity contribution is 7.37. The van der Waals surface area contributed by atoms with E-state index >= 15 is 0 Å². The molecular formula is C6H9F6P. The summed E-state index contributed by atoms with van der Waals surface area (Å²) in [5.41, 5.74) is 0. The van der Waals surface area contributed by atoms with Gasteiger partial charge in [-0.05, 0) is 12.3 Å². The molecule has 0 heterocycles. The van der Waals surface area contributed by atoms with Crippen LogP contribution in [-0.2, 0) is 0 Å². The van der Waals surface area contributed by atoms with Crippen molar-refractivity contribution in [3.05, 3.63) is 0 Å². The van der Waals surface area contributed by atoms with Crippen molar-refractivity contribution >= 4 is 8.58 Å². The summed E-state index contributed by atoms with van der Waals surface area (Å²) in [6, 6.07) is 0. The zero-order valence-corrected chi connectivity index (χ0v) is 7.60. The molecule has 13 heavy (non-hydrogen) atoms. The smallest absolute Gasteiger partial charge is 0.171 e. The number of hydrogen-bond acceptors (Lipinski definition) is 0. The summed E-state index contributed by atoms with van der Waals surface area (Å²) in [7, 11) is -0.261. The van der Waals surface area contributed by atoms with E-state index in [1.165, 1.54) is 0 Å². The minimum Gasteiger partial charge on any atom is -0.171 e. The van der Waals surface area contributed by atoms with Crippen LogP contribution < -0.4 is 0 Å². The molecule has 80 valence electrons. The highest BCUT2D eigenvalue weighted by Crippen LogP contribution is 2.28. The molecule has 0 aliphatic rings. The van der Waals surface area contributed by atoms with Gasteiger partial charge in [-0.2, -0.15) is 26.3 Å². The lowest BCUT2D eigenvalue weighted by atomic mass is 10.5. The van der Waals surface area contributed by atoms with Gasteiger partial charge in [-0.25, -0.2) is 0 Å². The van der Waals surface area contributed by atoms with E-state index in [1.54, 1.807) is 0 Å². The quantitative estimate of drug-likeness (QED) is 0.390. The molecule has 7 heteroatoms. The zero-order valence-electron chi connectivity index (χ0n) is 6.60. The third-order valence-electron chi connectivity index (χ3n) is 1.17. The zero-order chi connectivity index (χ0) is 10.5. The lowest BCUT2D eigenvalue weighted by Crippen LogP contribution is -2.10. The van der Waals surface area contributed by atoms with E-state index in [0.29, 0.717) is 0 Å². The van der Waals surface area contributed by atoms with E-state index in [-0.39, 0.29) is 20.9 Å². The van der Waals surface area contributed by atoms with Crippen LogP contribution in [0, 0.1) is 0 Å². The molecule has 0 radical (unpaired) electrons. The molecule has 0 saturated carbocycles. The molecule has 0 aromatic rings. The first kappa shape index (κ1) is 13.0. The van der Waals surface area contributed by atoms with Gasteiger partial charge in [0, 0.05) is 12.8 Å². The first-order valence-electron chi connectivity index (χ1n) is 3.55. The Labute approximate surface area is 73.5 Å². The maximum atomic E-state index is 11.5. The normalized spacial score (nSPS) is 13.4. The molecule has 0 saturated heterocycles. The first-order valence-corrected chi connectivity index (χ1v) is 4.96. The Morgan fingerprint density at radius 2 is 1.00 bits per heavy atom. The molecule has 0 aliphatic carbocycles. The van der Waals surface area contributed by atoms with Crippen molar-refractivity contribution in [1.82, 2.24) is 0 Å². The fourth-order valence-corrected chi connectivity index (χ4v) is 1.76. The van der Waals surface area contributed by atoms with Gasteiger partial charge < -0.3 is 0 Å². The molecule has 0 aromatic carbocycles. The predicted molar refractivity (Wildman–Crippen MR) is 39.4 cm³/mol. The third-order valence-corrected chi connectivity index (χ3v) is 2.38. The minimum absolute atomic E-state index is 0.195. The SMILES string of the molecule is FC(F)(F)CCPCCC(F)(F)F. The standard InChI is InChI=1S/C6H9F6P/c7-5(8,9)1-3-13-4-2-6(10,11)12/h13H,1-4H2. The highest BCUT2D eigenvalue weighted by atomic mass is 31.1. The van der Waals surface area contributed by atoms with E-state index in [9.17, 15) is 26.3 Å². The average molecular weight is 226 g/mol. The van der Waals surface area contributed by atoms with Gasteiger partial charge in [0.2, 0.25) is 0 Å². The van der Waals surface area contributed by atoms with Crippen molar-refractivity contribution < 1.29 is 26.3 Å². The predicted octanol–water partition coefficient (Wildman–Crippen LogP) is 3.57. The summed E-state index contributed by atoms with van der Waals surface area (Å²) in [4.78, 5) is 0. The number of rotatable bonds is 4. The van der Waals surface area contributed by atoms with Crippen LogP contribution in [0.15, 0.2) is 0 Å². The lowest BCUT2D eigenvalue weighted by Gasteiger charge is -2.07. The second-order valence-corrected chi connectivity index (χ2v) is 3.98. The lowest BCUT2D eigenvalue weighted by molar-refractivity contribution is -0.130. The van der Waals surface area contributed by atoms with Crippen LogP contribution in [0.1, 0.15) is 12.8 Å². The monoisotopic (exact) mass is 226 g/mol. The molecule has 0 unspecified atom stereocenters. The van der Waals surface area contributed by atoms with Gasteiger partial charge in [0.1, 0.15) is 0 Å². The van der Waals surface area contributed by atoms with Gasteiger partial charge in [0.15, 0.2) is 0 Å². The van der Waals surface area contributed by atoms with Gasteiger partial charge in [-0.15, -0.1) is 8.58 Å². The van der Waals surface area contributed by atoms with E-state index in [1.807, 2.05) is 0 Å². The van der Waals surface area contributed by atoms with Gasteiger partial charge in [0.05, 0.1) is 0 Å². The van der Waals surface area contributed by atoms with E-state index < -0.39 is 25.2 Å². The summed E-state index contributed by atoms with van der Waals surface area (Å²) < 4.78 is 69.0. The van der Waals surface area contributed by atoms with Crippen molar-refractivity contribution in [3.63, 3.8) is 0 Å². The summed E-state index contributed by atoms with van der Waals surface area (Å²) >= 11 is 0. The molecule has 0 N–H and O–H groups in total. The minimum atomic E-state index is -4.24. The number of halogens is 6. The topological polar surface area (TPSA) is 0 Å². The molecule has 0 spiro atoms. The van der Waals surface area contributed by atoms with Gasteiger partial charge in [0.25, 0.3) is 0 Å². The van der Waals surface area contributed by atoms with Gasteiger partial charge in [-0.1, -0.05) is 0 Å². The first-order chi connectivity index (χ1) is 5.71. The fraction of sp³-hybridized carbons (Fsp3) is 1.00. The van der Waals surface area contributed by atoms with Crippen LogP contribution in [0.5, 0.6) is 0 Å². The Balaban J connectivity index is 3.28. The Bertz CT molecular complexity index is 121. The highest BCUT2D eigenvalue weighted by Gasteiger charge is 2.28. The van der Waals surface area contributed by atoms with Crippen LogP contribution in [0.2, 0.25) is 0 Å². The largest absolute Gasteiger partial charge is 0.389 e. The van der Waals surface area contributed by atoms with Crippen LogP contribution in [0.25, 0.3) is 0 Å². The maximum Gasteiger partial charge on any atom is 0.389 e. The van der Waals surface area contributed by atoms with E-state index in [4.69, 9.17) is 0 Å². The molecule has 0 atom stereocenters. The Kier molecular flexibility index (Phi) is 5.04. The molecule has 0 bridgehead atoms. The van der Waals surface area contributed by atoms with Crippen molar-refractivity contribution in [2.24, 2.45) is 0 Å². The Hall–Kier alpha value is 0.01000. The second kappa shape index (κ2) is 5.03. The van der Waals surface area contributed by atoms with Gasteiger partial charge >= 0.3 is 12.4 Å². The van der Waals surface area contributed by atoms with Crippen molar-refractivity contribution in [2.75, 3.05) is 12.3 Å². The number of alkyl halides is 6. The molecule has 0 aromatic heterocycles.